The number of hydrogen-bond donors (Lipinski definition) is 3. The van der Waals surface area contributed by atoms with Crippen LogP contribution in [0.2, 0.25) is 0 Å². The molecule has 1 aromatic heterocycles. The molecule has 6 nitrogen and oxygen atoms in total. The van der Waals surface area contributed by atoms with E-state index in [0.29, 0.717) is 17.9 Å². The summed E-state index contributed by atoms with van der Waals surface area (Å²) in [6.45, 7) is 5.73. The largest absolute Gasteiger partial charge is 0.381 e. The Kier molecular flexibility index (Phi) is 3.75. The van der Waals surface area contributed by atoms with Crippen molar-refractivity contribution in [1.29, 1.82) is 0 Å². The van der Waals surface area contributed by atoms with Gasteiger partial charge in [0.1, 0.15) is 5.82 Å². The molecule has 17 heavy (non-hydrogen) atoms. The molecule has 1 fully saturated rings. The molecule has 2 unspecified atom stereocenters. The van der Waals surface area contributed by atoms with Crippen molar-refractivity contribution in [2.24, 2.45) is 11.8 Å². The molecule has 4 N–H and O–H groups in total. The van der Waals surface area contributed by atoms with Gasteiger partial charge in [0.2, 0.25) is 5.95 Å². The maximum absolute atomic E-state index is 5.38. The van der Waals surface area contributed by atoms with Crippen LogP contribution in [0.4, 0.5) is 11.8 Å². The predicted octanol–water partition coefficient (Wildman–Crippen LogP) is 0.908. The van der Waals surface area contributed by atoms with Crippen LogP contribution in [0.1, 0.15) is 19.0 Å². The summed E-state index contributed by atoms with van der Waals surface area (Å²) >= 11 is 0. The summed E-state index contributed by atoms with van der Waals surface area (Å²) in [4.78, 5) is 8.41. The smallest absolute Gasteiger partial charge is 0.239 e. The van der Waals surface area contributed by atoms with Crippen LogP contribution in [0, 0.1) is 12.8 Å². The van der Waals surface area contributed by atoms with E-state index in [1.807, 2.05) is 13.0 Å². The second kappa shape index (κ2) is 5.29. The monoisotopic (exact) mass is 237 g/mol. The van der Waals surface area contributed by atoms with E-state index in [2.05, 4.69) is 27.6 Å². The second-order valence-corrected chi connectivity index (χ2v) is 4.42. The van der Waals surface area contributed by atoms with Crippen molar-refractivity contribution in [2.75, 3.05) is 24.0 Å². The first-order valence-corrected chi connectivity index (χ1v) is 5.85. The Morgan fingerprint density at radius 2 is 2.35 bits per heavy atom. The molecular formula is C11H19N5O. The molecule has 94 valence electrons. The molecule has 0 amide bonds. The number of nitrogen functional groups attached to an aromatic ring is 1. The summed E-state index contributed by atoms with van der Waals surface area (Å²) < 4.78 is 5.38. The van der Waals surface area contributed by atoms with Crippen molar-refractivity contribution in [3.05, 3.63) is 11.8 Å². The fraction of sp³-hybridized carbons (Fsp3) is 0.636. The molecule has 1 aliphatic rings. The van der Waals surface area contributed by atoms with Crippen LogP contribution < -0.4 is 16.6 Å². The predicted molar refractivity (Wildman–Crippen MR) is 66.6 cm³/mol. The SMILES string of the molecule is Cc1cc(NC(C)C2CCOC2)nc(NN)n1. The van der Waals surface area contributed by atoms with Crippen molar-refractivity contribution in [3.63, 3.8) is 0 Å². The van der Waals surface area contributed by atoms with Crippen molar-refractivity contribution in [2.45, 2.75) is 26.3 Å². The summed E-state index contributed by atoms with van der Waals surface area (Å²) in [5, 5.41) is 3.37. The maximum Gasteiger partial charge on any atom is 0.239 e. The number of nitrogens with two attached hydrogens (primary N) is 1. The van der Waals surface area contributed by atoms with E-state index >= 15 is 0 Å². The van der Waals surface area contributed by atoms with E-state index in [0.717, 1.165) is 31.1 Å². The second-order valence-electron chi connectivity index (χ2n) is 4.42. The van der Waals surface area contributed by atoms with Gasteiger partial charge >= 0.3 is 0 Å². The van der Waals surface area contributed by atoms with E-state index < -0.39 is 0 Å². The summed E-state index contributed by atoms with van der Waals surface area (Å²) in [5.74, 6) is 7.09. The molecule has 0 radical (unpaired) electrons. The van der Waals surface area contributed by atoms with Gasteiger partial charge in [0, 0.05) is 30.3 Å². The first-order valence-electron chi connectivity index (χ1n) is 5.85. The number of ether oxygens (including phenoxy) is 1. The minimum absolute atomic E-state index is 0.331. The van der Waals surface area contributed by atoms with Crippen molar-refractivity contribution in [1.82, 2.24) is 9.97 Å². The molecule has 0 aliphatic carbocycles. The van der Waals surface area contributed by atoms with Gasteiger partial charge in [-0.1, -0.05) is 0 Å². The average Bonchev–Trinajstić information content (AvgIpc) is 2.81. The fourth-order valence-corrected chi connectivity index (χ4v) is 2.01. The highest BCUT2D eigenvalue weighted by atomic mass is 16.5. The molecule has 0 spiro atoms. The molecule has 2 heterocycles. The molecule has 1 saturated heterocycles. The summed E-state index contributed by atoms with van der Waals surface area (Å²) in [6, 6.07) is 2.24. The highest BCUT2D eigenvalue weighted by molar-refractivity contribution is 5.42. The number of nitrogens with zero attached hydrogens (tertiary/aromatic N) is 2. The van der Waals surface area contributed by atoms with Gasteiger partial charge in [0.05, 0.1) is 6.61 Å². The van der Waals surface area contributed by atoms with E-state index in [1.54, 1.807) is 0 Å². The summed E-state index contributed by atoms with van der Waals surface area (Å²) in [7, 11) is 0. The Morgan fingerprint density at radius 1 is 1.53 bits per heavy atom. The van der Waals surface area contributed by atoms with Crippen LogP contribution in [0.25, 0.3) is 0 Å². The zero-order chi connectivity index (χ0) is 12.3. The third kappa shape index (κ3) is 3.04. The molecule has 0 saturated carbocycles. The zero-order valence-corrected chi connectivity index (χ0v) is 10.2. The van der Waals surface area contributed by atoms with Crippen LogP contribution >= 0.6 is 0 Å². The Bertz CT molecular complexity index is 378. The van der Waals surface area contributed by atoms with Gasteiger partial charge in [0.25, 0.3) is 0 Å². The molecule has 2 rings (SSSR count). The first kappa shape index (κ1) is 12.1. The molecule has 1 aromatic rings. The lowest BCUT2D eigenvalue weighted by Crippen LogP contribution is -2.27. The fourth-order valence-electron chi connectivity index (χ4n) is 2.01. The Morgan fingerprint density at radius 3 is 3.00 bits per heavy atom. The molecule has 0 aromatic carbocycles. The minimum atomic E-state index is 0.331. The van der Waals surface area contributed by atoms with E-state index in [4.69, 9.17) is 10.6 Å². The van der Waals surface area contributed by atoms with Gasteiger partial charge in [-0.05, 0) is 20.3 Å². The van der Waals surface area contributed by atoms with Crippen LogP contribution in [0.5, 0.6) is 0 Å². The number of hydrazine groups is 1. The number of hydrogen-bond acceptors (Lipinski definition) is 6. The minimum Gasteiger partial charge on any atom is -0.381 e. The van der Waals surface area contributed by atoms with Crippen LogP contribution in [0.3, 0.4) is 0 Å². The highest BCUT2D eigenvalue weighted by Crippen LogP contribution is 2.20. The van der Waals surface area contributed by atoms with Crippen molar-refractivity contribution in [3.8, 4) is 0 Å². The number of nitrogens with one attached hydrogen (secondary N) is 2. The highest BCUT2D eigenvalue weighted by Gasteiger charge is 2.22. The van der Waals surface area contributed by atoms with Gasteiger partial charge in [-0.3, -0.25) is 5.43 Å². The van der Waals surface area contributed by atoms with Gasteiger partial charge in [-0.2, -0.15) is 4.98 Å². The standard InChI is InChI=1S/C11H19N5O/c1-7-5-10(15-11(13-7)16-12)14-8(2)9-3-4-17-6-9/h5,8-9H,3-4,6,12H2,1-2H3,(H2,13,14,15,16). The lowest BCUT2D eigenvalue weighted by molar-refractivity contribution is 0.183. The normalized spacial score (nSPS) is 21.2. The Hall–Kier alpha value is -1.40. The average molecular weight is 237 g/mol. The van der Waals surface area contributed by atoms with Crippen LogP contribution in [0.15, 0.2) is 6.07 Å². The number of aryl methyl sites for hydroxylation is 1. The number of rotatable bonds is 4. The van der Waals surface area contributed by atoms with E-state index in [9.17, 15) is 0 Å². The van der Waals surface area contributed by atoms with Gasteiger partial charge in [-0.25, -0.2) is 10.8 Å². The molecule has 0 bridgehead atoms. The van der Waals surface area contributed by atoms with Crippen LogP contribution in [-0.2, 0) is 4.74 Å². The lowest BCUT2D eigenvalue weighted by atomic mass is 10.0. The molecule has 1 aliphatic heterocycles. The van der Waals surface area contributed by atoms with E-state index in [1.165, 1.54) is 0 Å². The quantitative estimate of drug-likeness (QED) is 0.533. The first-order chi connectivity index (χ1) is 8.19. The molecular weight excluding hydrogens is 218 g/mol. The van der Waals surface area contributed by atoms with Gasteiger partial charge in [0.15, 0.2) is 0 Å². The topological polar surface area (TPSA) is 85.1 Å². The molecule has 2 atom stereocenters. The lowest BCUT2D eigenvalue weighted by Gasteiger charge is -2.20. The maximum atomic E-state index is 5.38. The van der Waals surface area contributed by atoms with Crippen LogP contribution in [-0.4, -0.2) is 29.2 Å². The zero-order valence-electron chi connectivity index (χ0n) is 10.2. The summed E-state index contributed by atoms with van der Waals surface area (Å²) in [6.07, 6.45) is 1.10. The third-order valence-electron chi connectivity index (χ3n) is 3.03. The number of aromatic nitrogens is 2. The van der Waals surface area contributed by atoms with Crippen molar-refractivity contribution >= 4 is 11.8 Å². The van der Waals surface area contributed by atoms with Gasteiger partial charge < -0.3 is 10.1 Å². The Labute approximate surface area is 101 Å². The van der Waals surface area contributed by atoms with Gasteiger partial charge in [-0.15, -0.1) is 0 Å². The summed E-state index contributed by atoms with van der Waals surface area (Å²) in [5.41, 5.74) is 3.34. The Balaban J connectivity index is 2.04. The third-order valence-corrected chi connectivity index (χ3v) is 3.03. The van der Waals surface area contributed by atoms with Crippen molar-refractivity contribution < 1.29 is 4.74 Å². The number of anilines is 2. The van der Waals surface area contributed by atoms with E-state index in [-0.39, 0.29) is 0 Å². The molecule has 6 heteroatoms.